The molecule has 0 spiro atoms. The van der Waals surface area contributed by atoms with Gasteiger partial charge in [0, 0.05) is 5.03 Å². The third-order valence-electron chi connectivity index (χ3n) is 4.12. The molecule has 2 aliphatic heterocycles. The van der Waals surface area contributed by atoms with Gasteiger partial charge in [-0.05, 0) is 25.5 Å². The van der Waals surface area contributed by atoms with Gasteiger partial charge < -0.3 is 24.1 Å². The summed E-state index contributed by atoms with van der Waals surface area (Å²) in [5.74, 6) is -0.655. The number of ether oxygens (including phenoxy) is 4. The minimum Gasteiger partial charge on any atom is -0.393 e. The average Bonchev–Trinajstić information content (AvgIpc) is 2.93. The van der Waals surface area contributed by atoms with Crippen LogP contribution >= 0.6 is 11.6 Å². The molecule has 0 amide bonds. The van der Waals surface area contributed by atoms with Gasteiger partial charge in [-0.15, -0.1) is 0 Å². The van der Waals surface area contributed by atoms with E-state index in [-0.39, 0.29) is 18.8 Å². The van der Waals surface area contributed by atoms with Crippen LogP contribution in [-0.2, 0) is 25.6 Å². The molecule has 6 heteroatoms. The van der Waals surface area contributed by atoms with Crippen LogP contribution in [0, 0.1) is 0 Å². The molecule has 0 saturated carbocycles. The Morgan fingerprint density at radius 1 is 1.29 bits per heavy atom. The van der Waals surface area contributed by atoms with Gasteiger partial charge in [-0.25, -0.2) is 0 Å². The molecule has 2 heterocycles. The second-order valence-corrected chi connectivity index (χ2v) is 6.89. The van der Waals surface area contributed by atoms with Crippen LogP contribution < -0.4 is 0 Å². The fourth-order valence-corrected chi connectivity index (χ4v) is 3.15. The molecule has 1 fully saturated rings. The summed E-state index contributed by atoms with van der Waals surface area (Å²) in [6, 6.07) is 9.89. The molecular formula is C18H23ClO5. The Labute approximate surface area is 147 Å². The highest BCUT2D eigenvalue weighted by atomic mass is 35.5. The van der Waals surface area contributed by atoms with Crippen molar-refractivity contribution in [2.75, 3.05) is 13.2 Å². The Balaban J connectivity index is 1.73. The van der Waals surface area contributed by atoms with E-state index in [1.807, 2.05) is 44.2 Å². The van der Waals surface area contributed by atoms with Gasteiger partial charge >= 0.3 is 0 Å². The van der Waals surface area contributed by atoms with E-state index in [9.17, 15) is 5.11 Å². The highest BCUT2D eigenvalue weighted by Crippen LogP contribution is 2.33. The van der Waals surface area contributed by atoms with Crippen LogP contribution in [0.3, 0.4) is 0 Å². The molecule has 1 N–H and O–H groups in total. The average molecular weight is 355 g/mol. The van der Waals surface area contributed by atoms with Crippen LogP contribution in [0.4, 0.5) is 0 Å². The summed E-state index contributed by atoms with van der Waals surface area (Å²) in [7, 11) is 0. The lowest BCUT2D eigenvalue weighted by molar-refractivity contribution is -0.183. The smallest absolute Gasteiger partial charge is 0.163 e. The second kappa shape index (κ2) is 7.52. The number of hydrogen-bond donors (Lipinski definition) is 1. The monoisotopic (exact) mass is 354 g/mol. The number of aliphatic hydroxyl groups excluding tert-OH is 1. The normalized spacial score (nSPS) is 32.6. The van der Waals surface area contributed by atoms with Crippen molar-refractivity contribution in [3.05, 3.63) is 47.0 Å². The number of aliphatic hydroxyl groups is 1. The van der Waals surface area contributed by atoms with Crippen LogP contribution in [0.2, 0.25) is 0 Å². The standard InChI is InChI=1S/C18H23ClO5/c1-18(2)22-11-16(24-18)17-14(8-13(19)15(9-20)23-17)21-10-12-6-4-3-5-7-12/h3-8,14-17,20H,9-11H2,1-2H3/t14-,15-,16-,17+/m1/s1. The molecule has 24 heavy (non-hydrogen) atoms. The Bertz CT molecular complexity index is 574. The van der Waals surface area contributed by atoms with Crippen LogP contribution in [-0.4, -0.2) is 48.5 Å². The van der Waals surface area contributed by atoms with E-state index >= 15 is 0 Å². The van der Waals surface area contributed by atoms with E-state index in [1.165, 1.54) is 0 Å². The molecule has 3 rings (SSSR count). The maximum atomic E-state index is 9.46. The van der Waals surface area contributed by atoms with Crippen molar-refractivity contribution in [3.8, 4) is 0 Å². The van der Waals surface area contributed by atoms with Crippen LogP contribution in [0.25, 0.3) is 0 Å². The van der Waals surface area contributed by atoms with E-state index in [0.717, 1.165) is 5.56 Å². The molecule has 4 atom stereocenters. The lowest BCUT2D eigenvalue weighted by Crippen LogP contribution is -2.48. The van der Waals surface area contributed by atoms with Crippen molar-refractivity contribution in [2.24, 2.45) is 0 Å². The Morgan fingerprint density at radius 3 is 2.67 bits per heavy atom. The zero-order chi connectivity index (χ0) is 17.2. The van der Waals surface area contributed by atoms with Crippen molar-refractivity contribution in [3.63, 3.8) is 0 Å². The maximum absolute atomic E-state index is 9.46. The zero-order valence-corrected chi connectivity index (χ0v) is 14.6. The Hall–Kier alpha value is -0.950. The first-order valence-corrected chi connectivity index (χ1v) is 8.47. The molecule has 2 aliphatic rings. The quantitative estimate of drug-likeness (QED) is 0.880. The summed E-state index contributed by atoms with van der Waals surface area (Å²) in [4.78, 5) is 0. The minimum absolute atomic E-state index is 0.186. The topological polar surface area (TPSA) is 57.2 Å². The SMILES string of the molecule is CC1(C)OC[C@H]([C@H]2O[C@H](CO)C(Cl)=C[C@H]2OCc2ccccc2)O1. The van der Waals surface area contributed by atoms with Gasteiger partial charge in [0.15, 0.2) is 5.79 Å². The first-order valence-electron chi connectivity index (χ1n) is 8.09. The summed E-state index contributed by atoms with van der Waals surface area (Å²) >= 11 is 6.21. The maximum Gasteiger partial charge on any atom is 0.163 e. The molecule has 0 unspecified atom stereocenters. The van der Waals surface area contributed by atoms with E-state index < -0.39 is 18.0 Å². The molecule has 1 saturated heterocycles. The summed E-state index contributed by atoms with van der Waals surface area (Å²) in [5.41, 5.74) is 1.06. The van der Waals surface area contributed by atoms with Crippen LogP contribution in [0.5, 0.6) is 0 Å². The van der Waals surface area contributed by atoms with Gasteiger partial charge in [-0.2, -0.15) is 0 Å². The highest BCUT2D eigenvalue weighted by molar-refractivity contribution is 6.30. The van der Waals surface area contributed by atoms with Gasteiger partial charge in [0.2, 0.25) is 0 Å². The molecule has 0 radical (unpaired) electrons. The summed E-state index contributed by atoms with van der Waals surface area (Å²) in [6.07, 6.45) is 0.198. The lowest BCUT2D eigenvalue weighted by Gasteiger charge is -2.36. The summed E-state index contributed by atoms with van der Waals surface area (Å²) in [5, 5.41) is 9.90. The van der Waals surface area contributed by atoms with Gasteiger partial charge in [0.05, 0.1) is 19.8 Å². The fourth-order valence-electron chi connectivity index (χ4n) is 2.91. The summed E-state index contributed by atoms with van der Waals surface area (Å²) in [6.45, 7) is 4.39. The van der Waals surface area contributed by atoms with Crippen molar-refractivity contribution in [1.29, 1.82) is 0 Å². The first kappa shape index (κ1) is 17.9. The Kier molecular flexibility index (Phi) is 5.59. The second-order valence-electron chi connectivity index (χ2n) is 6.45. The number of hydrogen-bond acceptors (Lipinski definition) is 5. The molecule has 0 aliphatic carbocycles. The molecule has 132 valence electrons. The molecule has 5 nitrogen and oxygen atoms in total. The van der Waals surface area contributed by atoms with E-state index in [4.69, 9.17) is 30.5 Å². The number of rotatable bonds is 5. The number of halogens is 1. The molecule has 1 aromatic carbocycles. The van der Waals surface area contributed by atoms with Gasteiger partial charge in [0.25, 0.3) is 0 Å². The highest BCUT2D eigenvalue weighted by Gasteiger charge is 2.44. The zero-order valence-electron chi connectivity index (χ0n) is 13.9. The van der Waals surface area contributed by atoms with Crippen molar-refractivity contribution in [1.82, 2.24) is 0 Å². The van der Waals surface area contributed by atoms with Gasteiger partial charge in [0.1, 0.15) is 24.4 Å². The molecule has 0 bridgehead atoms. The minimum atomic E-state index is -0.655. The molecule has 0 aromatic heterocycles. The van der Waals surface area contributed by atoms with E-state index in [0.29, 0.717) is 18.2 Å². The Morgan fingerprint density at radius 2 is 2.04 bits per heavy atom. The number of benzene rings is 1. The van der Waals surface area contributed by atoms with Crippen molar-refractivity contribution >= 4 is 11.6 Å². The molecule has 1 aromatic rings. The third kappa shape index (κ3) is 4.17. The predicted molar refractivity (Wildman–Crippen MR) is 89.6 cm³/mol. The predicted octanol–water partition coefficient (Wildman–Crippen LogP) is 2.61. The van der Waals surface area contributed by atoms with Crippen LogP contribution in [0.15, 0.2) is 41.4 Å². The first-order chi connectivity index (χ1) is 11.5. The van der Waals surface area contributed by atoms with Crippen LogP contribution in [0.1, 0.15) is 19.4 Å². The van der Waals surface area contributed by atoms with E-state index in [2.05, 4.69) is 0 Å². The third-order valence-corrected chi connectivity index (χ3v) is 4.49. The fraction of sp³-hybridized carbons (Fsp3) is 0.556. The molecular weight excluding hydrogens is 332 g/mol. The van der Waals surface area contributed by atoms with Crippen molar-refractivity contribution < 1.29 is 24.1 Å². The van der Waals surface area contributed by atoms with E-state index in [1.54, 1.807) is 6.08 Å². The van der Waals surface area contributed by atoms with Crippen molar-refractivity contribution in [2.45, 2.75) is 50.7 Å². The van der Waals surface area contributed by atoms with Gasteiger partial charge in [-0.3, -0.25) is 0 Å². The lowest BCUT2D eigenvalue weighted by atomic mass is 10.0. The largest absolute Gasteiger partial charge is 0.393 e. The summed E-state index contributed by atoms with van der Waals surface area (Å²) < 4.78 is 23.5. The van der Waals surface area contributed by atoms with Gasteiger partial charge in [-0.1, -0.05) is 41.9 Å².